The van der Waals surface area contributed by atoms with Gasteiger partial charge in [0.15, 0.2) is 0 Å². The molecule has 0 saturated carbocycles. The summed E-state index contributed by atoms with van der Waals surface area (Å²) >= 11 is 7.72. The highest BCUT2D eigenvalue weighted by atomic mass is 35.5. The molecule has 1 aromatic heterocycles. The van der Waals surface area contributed by atoms with E-state index in [1.54, 1.807) is 16.7 Å². The lowest BCUT2D eigenvalue weighted by Gasteiger charge is -2.25. The van der Waals surface area contributed by atoms with Gasteiger partial charge in [0, 0.05) is 29.1 Å². The number of nitrogens with one attached hydrogen (secondary N) is 1. The molecule has 0 unspecified atom stereocenters. The number of carbonyl (C=O) groups excluding carboxylic acids is 1. The van der Waals surface area contributed by atoms with Crippen LogP contribution in [0, 0.1) is 13.8 Å². The summed E-state index contributed by atoms with van der Waals surface area (Å²) in [5.41, 5.74) is 4.11. The van der Waals surface area contributed by atoms with Crippen LogP contribution in [0.15, 0.2) is 24.3 Å². The average Bonchev–Trinajstić information content (AvgIpc) is 2.86. The molecule has 1 heterocycles. The van der Waals surface area contributed by atoms with Crippen molar-refractivity contribution < 1.29 is 4.79 Å². The maximum absolute atomic E-state index is 12.4. The lowest BCUT2D eigenvalue weighted by molar-refractivity contribution is -0.128. The second-order valence-electron chi connectivity index (χ2n) is 5.61. The molecule has 0 saturated heterocycles. The second kappa shape index (κ2) is 7.88. The molecule has 2 aromatic rings. The molecule has 0 aliphatic carbocycles. The van der Waals surface area contributed by atoms with Crippen LogP contribution in [0.1, 0.15) is 35.5 Å². The third-order valence-electron chi connectivity index (χ3n) is 4.02. The first-order chi connectivity index (χ1) is 10.9. The zero-order valence-corrected chi connectivity index (χ0v) is 15.5. The molecule has 0 radical (unpaired) electrons. The summed E-state index contributed by atoms with van der Waals surface area (Å²) in [6.07, 6.45) is 0. The van der Waals surface area contributed by atoms with Crippen molar-refractivity contribution in [1.82, 2.24) is 15.1 Å². The summed E-state index contributed by atoms with van der Waals surface area (Å²) in [4.78, 5) is 14.2. The van der Waals surface area contributed by atoms with Crippen LogP contribution < -0.4 is 0 Å². The van der Waals surface area contributed by atoms with Gasteiger partial charge in [0.25, 0.3) is 0 Å². The molecule has 1 amide bonds. The van der Waals surface area contributed by atoms with Crippen LogP contribution in [0.5, 0.6) is 0 Å². The highest BCUT2D eigenvalue weighted by molar-refractivity contribution is 7.99. The van der Waals surface area contributed by atoms with Crippen molar-refractivity contribution in [2.45, 2.75) is 32.6 Å². The second-order valence-corrected chi connectivity index (χ2v) is 7.01. The van der Waals surface area contributed by atoms with Gasteiger partial charge < -0.3 is 4.90 Å². The largest absolute Gasteiger partial charge is 0.338 e. The standard InChI is InChI=1S/C17H22ClN3OS/c1-11-17(12(2)20-19-11)13(3)21(4)16(22)10-23-9-14-7-5-6-8-15(14)18/h5-8,13H,9-10H2,1-4H3,(H,19,20)/t13-/m1/s1. The van der Waals surface area contributed by atoms with Gasteiger partial charge in [-0.1, -0.05) is 29.8 Å². The highest BCUT2D eigenvalue weighted by Gasteiger charge is 2.22. The van der Waals surface area contributed by atoms with Crippen LogP contribution in [0.4, 0.5) is 0 Å². The fraction of sp³-hybridized carbons (Fsp3) is 0.412. The molecule has 1 N–H and O–H groups in total. The third-order valence-corrected chi connectivity index (χ3v) is 5.35. The van der Waals surface area contributed by atoms with E-state index in [0.717, 1.165) is 33.3 Å². The Morgan fingerprint density at radius 1 is 1.39 bits per heavy atom. The molecule has 0 aliphatic heterocycles. The van der Waals surface area contributed by atoms with E-state index in [-0.39, 0.29) is 11.9 Å². The van der Waals surface area contributed by atoms with Crippen LogP contribution in [0.3, 0.4) is 0 Å². The van der Waals surface area contributed by atoms with Crippen LogP contribution in [0.2, 0.25) is 5.02 Å². The van der Waals surface area contributed by atoms with E-state index in [0.29, 0.717) is 5.75 Å². The molecule has 124 valence electrons. The van der Waals surface area contributed by atoms with Gasteiger partial charge in [-0.25, -0.2) is 0 Å². The van der Waals surface area contributed by atoms with Crippen LogP contribution in [0.25, 0.3) is 0 Å². The molecule has 23 heavy (non-hydrogen) atoms. The summed E-state index contributed by atoms with van der Waals surface area (Å²) in [5.74, 6) is 1.27. The van der Waals surface area contributed by atoms with Crippen molar-refractivity contribution in [3.63, 3.8) is 0 Å². The normalized spacial score (nSPS) is 12.2. The van der Waals surface area contributed by atoms with E-state index in [4.69, 9.17) is 11.6 Å². The maximum atomic E-state index is 12.4. The van der Waals surface area contributed by atoms with Crippen LogP contribution in [-0.2, 0) is 10.5 Å². The number of aromatic amines is 1. The fourth-order valence-corrected chi connectivity index (χ4v) is 3.78. The topological polar surface area (TPSA) is 49.0 Å². The summed E-state index contributed by atoms with van der Waals surface area (Å²) in [6, 6.07) is 7.74. The Hall–Kier alpha value is -1.46. The number of rotatable bonds is 6. The molecule has 0 spiro atoms. The number of H-pyrrole nitrogens is 1. The fourth-order valence-electron chi connectivity index (χ4n) is 2.55. The van der Waals surface area contributed by atoms with Gasteiger partial charge in [-0.05, 0) is 32.4 Å². The van der Waals surface area contributed by atoms with Gasteiger partial charge in [0.1, 0.15) is 0 Å². The Bertz CT molecular complexity index is 667. The quantitative estimate of drug-likeness (QED) is 0.851. The van der Waals surface area contributed by atoms with Crippen molar-refractivity contribution >= 4 is 29.3 Å². The number of aromatic nitrogens is 2. The first-order valence-corrected chi connectivity index (χ1v) is 9.03. The monoisotopic (exact) mass is 351 g/mol. The maximum Gasteiger partial charge on any atom is 0.232 e. The number of carbonyl (C=O) groups is 1. The molecule has 6 heteroatoms. The lowest BCUT2D eigenvalue weighted by atomic mass is 10.1. The van der Waals surface area contributed by atoms with Crippen molar-refractivity contribution in [3.05, 3.63) is 51.8 Å². The predicted octanol–water partition coefficient (Wildman–Crippen LogP) is 4.13. The SMILES string of the molecule is Cc1n[nH]c(C)c1[C@@H](C)N(C)C(=O)CSCc1ccccc1Cl. The zero-order valence-electron chi connectivity index (χ0n) is 13.9. The molecular weight excluding hydrogens is 330 g/mol. The number of nitrogens with zero attached hydrogens (tertiary/aromatic N) is 2. The van der Waals surface area contributed by atoms with E-state index in [1.807, 2.05) is 52.1 Å². The molecule has 0 bridgehead atoms. The molecule has 2 rings (SSSR count). The minimum Gasteiger partial charge on any atom is -0.338 e. The Kier molecular flexibility index (Phi) is 6.13. The van der Waals surface area contributed by atoms with Crippen LogP contribution in [-0.4, -0.2) is 33.8 Å². The van der Waals surface area contributed by atoms with Gasteiger partial charge in [-0.2, -0.15) is 5.10 Å². The minimum atomic E-state index is 0.00200. The summed E-state index contributed by atoms with van der Waals surface area (Å²) in [7, 11) is 1.84. The first-order valence-electron chi connectivity index (χ1n) is 7.50. The Labute approximate surface area is 146 Å². The van der Waals surface area contributed by atoms with Gasteiger partial charge in [0.2, 0.25) is 5.91 Å². The van der Waals surface area contributed by atoms with Gasteiger partial charge in [-0.3, -0.25) is 9.89 Å². The van der Waals surface area contributed by atoms with E-state index in [9.17, 15) is 4.79 Å². The summed E-state index contributed by atoms with van der Waals surface area (Å²) in [5, 5.41) is 7.93. The number of hydrogen-bond acceptors (Lipinski definition) is 3. The third kappa shape index (κ3) is 4.30. The van der Waals surface area contributed by atoms with E-state index in [2.05, 4.69) is 10.2 Å². The average molecular weight is 352 g/mol. The van der Waals surface area contributed by atoms with Gasteiger partial charge in [-0.15, -0.1) is 11.8 Å². The number of thioether (sulfide) groups is 1. The lowest BCUT2D eigenvalue weighted by Crippen LogP contribution is -2.31. The van der Waals surface area contributed by atoms with E-state index >= 15 is 0 Å². The molecular formula is C17H22ClN3OS. The minimum absolute atomic E-state index is 0.00200. The van der Waals surface area contributed by atoms with E-state index < -0.39 is 0 Å². The smallest absolute Gasteiger partial charge is 0.232 e. The molecule has 4 nitrogen and oxygen atoms in total. The predicted molar refractivity (Wildman–Crippen MR) is 96.9 cm³/mol. The number of halogens is 1. The van der Waals surface area contributed by atoms with Crippen molar-refractivity contribution in [2.24, 2.45) is 0 Å². The first kappa shape index (κ1) is 17.9. The summed E-state index contributed by atoms with van der Waals surface area (Å²) in [6.45, 7) is 5.97. The molecule has 0 aliphatic rings. The summed E-state index contributed by atoms with van der Waals surface area (Å²) < 4.78 is 0. The molecule has 0 fully saturated rings. The van der Waals surface area contributed by atoms with Gasteiger partial charge >= 0.3 is 0 Å². The van der Waals surface area contributed by atoms with Gasteiger partial charge in [0.05, 0.1) is 17.5 Å². The number of hydrogen-bond donors (Lipinski definition) is 1. The van der Waals surface area contributed by atoms with Crippen molar-refractivity contribution in [1.29, 1.82) is 0 Å². The van der Waals surface area contributed by atoms with Crippen LogP contribution >= 0.6 is 23.4 Å². The van der Waals surface area contributed by atoms with Crippen molar-refractivity contribution in [2.75, 3.05) is 12.8 Å². The zero-order chi connectivity index (χ0) is 17.0. The molecule has 1 atom stereocenters. The highest BCUT2D eigenvalue weighted by Crippen LogP contribution is 2.25. The Morgan fingerprint density at radius 3 is 2.70 bits per heavy atom. The van der Waals surface area contributed by atoms with Crippen molar-refractivity contribution in [3.8, 4) is 0 Å². The Balaban J connectivity index is 1.91. The number of benzene rings is 1. The number of aryl methyl sites for hydroxylation is 2. The number of amides is 1. The Morgan fingerprint density at radius 2 is 2.09 bits per heavy atom. The van der Waals surface area contributed by atoms with E-state index in [1.165, 1.54) is 0 Å². The molecule has 1 aromatic carbocycles.